The van der Waals surface area contributed by atoms with E-state index in [0.29, 0.717) is 22.0 Å². The second-order valence-electron chi connectivity index (χ2n) is 9.04. The maximum absolute atomic E-state index is 13.2. The van der Waals surface area contributed by atoms with Gasteiger partial charge >= 0.3 is 0 Å². The molecule has 0 unspecified atom stereocenters. The topological polar surface area (TPSA) is 121 Å². The fourth-order valence-electron chi connectivity index (χ4n) is 3.79. The molecule has 4 aromatic rings. The Morgan fingerprint density at radius 2 is 1.38 bits per heavy atom. The Morgan fingerprint density at radius 3 is 2.05 bits per heavy atom. The van der Waals surface area contributed by atoms with Gasteiger partial charge in [0.1, 0.15) is 0 Å². The lowest BCUT2D eigenvalue weighted by atomic mass is 10.1. The van der Waals surface area contributed by atoms with Crippen molar-refractivity contribution in [3.05, 3.63) is 111 Å². The molecule has 0 atom stereocenters. The summed E-state index contributed by atoms with van der Waals surface area (Å²) in [6, 6.07) is 19.5. The van der Waals surface area contributed by atoms with Gasteiger partial charge in [0, 0.05) is 16.3 Å². The number of rotatable bonds is 8. The van der Waals surface area contributed by atoms with Crippen LogP contribution in [0, 0.1) is 20.8 Å². The van der Waals surface area contributed by atoms with E-state index in [0.717, 1.165) is 11.1 Å². The molecule has 8 nitrogen and oxygen atoms in total. The average Bonchev–Trinajstić information content (AvgIpc) is 2.89. The number of sulfonamides is 2. The smallest absolute Gasteiger partial charge is 0.262 e. The van der Waals surface area contributed by atoms with Gasteiger partial charge in [-0.05, 0) is 98.1 Å². The lowest BCUT2D eigenvalue weighted by Gasteiger charge is -2.15. The number of benzene rings is 4. The van der Waals surface area contributed by atoms with E-state index in [1.165, 1.54) is 54.6 Å². The Hall–Kier alpha value is -3.57. The zero-order valence-electron chi connectivity index (χ0n) is 21.6. The lowest BCUT2D eigenvalue weighted by Crippen LogP contribution is -2.18. The lowest BCUT2D eigenvalue weighted by molar-refractivity contribution is 0.102. The van der Waals surface area contributed by atoms with E-state index in [4.69, 9.17) is 23.2 Å². The summed E-state index contributed by atoms with van der Waals surface area (Å²) in [6.45, 7) is 5.35. The normalized spacial score (nSPS) is 11.6. The van der Waals surface area contributed by atoms with Gasteiger partial charge in [-0.25, -0.2) is 16.8 Å². The van der Waals surface area contributed by atoms with Gasteiger partial charge in [-0.3, -0.25) is 14.2 Å². The Morgan fingerprint density at radius 1 is 0.700 bits per heavy atom. The molecule has 0 saturated heterocycles. The van der Waals surface area contributed by atoms with Crippen molar-refractivity contribution in [1.82, 2.24) is 0 Å². The van der Waals surface area contributed by atoms with Crippen LogP contribution in [0.5, 0.6) is 0 Å². The third-order valence-electron chi connectivity index (χ3n) is 6.19. The number of carbonyl (C=O) groups is 1. The minimum Gasteiger partial charge on any atom is -0.322 e. The number of carbonyl (C=O) groups excluding carboxylic acids is 1. The highest BCUT2D eigenvalue weighted by molar-refractivity contribution is 7.93. The second-order valence-corrected chi connectivity index (χ2v) is 13.2. The van der Waals surface area contributed by atoms with E-state index < -0.39 is 26.0 Å². The highest BCUT2D eigenvalue weighted by atomic mass is 35.5. The summed E-state index contributed by atoms with van der Waals surface area (Å²) in [7, 11) is -7.95. The van der Waals surface area contributed by atoms with Crippen LogP contribution in [-0.2, 0) is 20.0 Å². The maximum atomic E-state index is 13.2. The summed E-state index contributed by atoms with van der Waals surface area (Å²) >= 11 is 11.9. The highest BCUT2D eigenvalue weighted by Gasteiger charge is 2.21. The molecule has 3 N–H and O–H groups in total. The molecule has 0 heterocycles. The van der Waals surface area contributed by atoms with E-state index in [1.807, 2.05) is 19.9 Å². The molecule has 12 heteroatoms. The van der Waals surface area contributed by atoms with Gasteiger partial charge in [0.25, 0.3) is 26.0 Å². The molecule has 208 valence electrons. The van der Waals surface area contributed by atoms with Crippen molar-refractivity contribution < 1.29 is 21.6 Å². The number of halogens is 2. The molecule has 0 aliphatic rings. The fraction of sp³-hybridized carbons (Fsp3) is 0.107. The van der Waals surface area contributed by atoms with Crippen LogP contribution in [0.2, 0.25) is 10.0 Å². The number of nitrogens with one attached hydrogen (secondary N) is 3. The van der Waals surface area contributed by atoms with Crippen molar-refractivity contribution >= 4 is 66.2 Å². The summed E-state index contributed by atoms with van der Waals surface area (Å²) in [4.78, 5) is 12.9. The number of anilines is 3. The molecule has 0 aliphatic carbocycles. The van der Waals surface area contributed by atoms with E-state index >= 15 is 0 Å². The molecular weight excluding hydrogens is 593 g/mol. The summed E-state index contributed by atoms with van der Waals surface area (Å²) < 4.78 is 57.0. The highest BCUT2D eigenvalue weighted by Crippen LogP contribution is 2.28. The van der Waals surface area contributed by atoms with Crippen LogP contribution in [0.1, 0.15) is 27.0 Å². The van der Waals surface area contributed by atoms with Crippen molar-refractivity contribution in [1.29, 1.82) is 0 Å². The van der Waals surface area contributed by atoms with Crippen molar-refractivity contribution in [3.8, 4) is 0 Å². The monoisotopic (exact) mass is 617 g/mol. The zero-order valence-corrected chi connectivity index (χ0v) is 24.8. The van der Waals surface area contributed by atoms with Crippen LogP contribution in [0.3, 0.4) is 0 Å². The van der Waals surface area contributed by atoms with Crippen molar-refractivity contribution in [2.24, 2.45) is 0 Å². The third kappa shape index (κ3) is 6.59. The number of amides is 1. The molecular formula is C28H25Cl2N3O5S2. The van der Waals surface area contributed by atoms with Gasteiger partial charge in [-0.15, -0.1) is 0 Å². The predicted octanol–water partition coefficient (Wildman–Crippen LogP) is 6.77. The Kier molecular flexibility index (Phi) is 8.46. The van der Waals surface area contributed by atoms with Gasteiger partial charge in [-0.1, -0.05) is 41.4 Å². The molecule has 0 bridgehead atoms. The summed E-state index contributed by atoms with van der Waals surface area (Å²) in [5, 5.41) is 3.17. The maximum Gasteiger partial charge on any atom is 0.262 e. The first-order valence-corrected chi connectivity index (χ1v) is 15.6. The van der Waals surface area contributed by atoms with Crippen LogP contribution in [-0.4, -0.2) is 22.7 Å². The minimum atomic E-state index is -3.99. The quantitative estimate of drug-likeness (QED) is 0.201. The molecule has 4 aromatic carbocycles. The minimum absolute atomic E-state index is 0.0329. The Bertz CT molecular complexity index is 1830. The van der Waals surface area contributed by atoms with E-state index in [-0.39, 0.29) is 26.1 Å². The Balaban J connectivity index is 1.51. The third-order valence-corrected chi connectivity index (χ3v) is 9.62. The van der Waals surface area contributed by atoms with Gasteiger partial charge < -0.3 is 5.32 Å². The summed E-state index contributed by atoms with van der Waals surface area (Å²) in [5.41, 5.74) is 3.26. The summed E-state index contributed by atoms with van der Waals surface area (Å²) in [6.07, 6.45) is 0. The molecule has 0 saturated carbocycles. The zero-order chi connectivity index (χ0) is 29.2. The van der Waals surface area contributed by atoms with Gasteiger partial charge in [0.05, 0.1) is 26.2 Å². The van der Waals surface area contributed by atoms with Crippen LogP contribution in [0.25, 0.3) is 0 Å². The van der Waals surface area contributed by atoms with Crippen molar-refractivity contribution in [2.75, 3.05) is 14.8 Å². The molecule has 1 amide bonds. The van der Waals surface area contributed by atoms with E-state index in [1.54, 1.807) is 25.1 Å². The second kappa shape index (κ2) is 11.5. The first kappa shape index (κ1) is 29.4. The molecule has 0 aromatic heterocycles. The first-order valence-electron chi connectivity index (χ1n) is 11.9. The van der Waals surface area contributed by atoms with Gasteiger partial charge in [-0.2, -0.15) is 0 Å². The molecule has 40 heavy (non-hydrogen) atoms. The molecule has 0 spiro atoms. The fourth-order valence-corrected chi connectivity index (χ4v) is 6.78. The Labute approximate surface area is 243 Å². The molecule has 0 fully saturated rings. The van der Waals surface area contributed by atoms with Gasteiger partial charge in [0.15, 0.2) is 0 Å². The molecule has 0 aliphatic heterocycles. The van der Waals surface area contributed by atoms with Crippen LogP contribution in [0.4, 0.5) is 17.1 Å². The average molecular weight is 619 g/mol. The SMILES string of the molecule is Cc1ccc(C(=O)Nc2ccc(S(=O)(=O)Nc3ccc(Cl)cc3Cl)cc2)cc1S(=O)(=O)Nc1cccc(C)c1C. The summed E-state index contributed by atoms with van der Waals surface area (Å²) in [5.74, 6) is -0.565. The van der Waals surface area contributed by atoms with E-state index in [2.05, 4.69) is 14.8 Å². The van der Waals surface area contributed by atoms with E-state index in [9.17, 15) is 21.6 Å². The van der Waals surface area contributed by atoms with Crippen molar-refractivity contribution in [3.63, 3.8) is 0 Å². The largest absolute Gasteiger partial charge is 0.322 e. The van der Waals surface area contributed by atoms with Crippen LogP contribution < -0.4 is 14.8 Å². The number of hydrogen-bond acceptors (Lipinski definition) is 5. The van der Waals surface area contributed by atoms with Crippen LogP contribution in [0.15, 0.2) is 88.7 Å². The predicted molar refractivity (Wildman–Crippen MR) is 160 cm³/mol. The number of aryl methyl sites for hydroxylation is 2. The van der Waals surface area contributed by atoms with Crippen molar-refractivity contribution in [2.45, 2.75) is 30.6 Å². The molecule has 0 radical (unpaired) electrons. The number of hydrogen-bond donors (Lipinski definition) is 3. The van der Waals surface area contributed by atoms with Gasteiger partial charge in [0.2, 0.25) is 0 Å². The first-order chi connectivity index (χ1) is 18.8. The standard InChI is InChI=1S/C28H25Cl2N3O5S2/c1-17-5-4-6-25(19(17)3)32-40(37,38)27-15-20(8-7-18(27)2)28(34)31-22-10-12-23(13-11-22)39(35,36)33-26-14-9-21(29)16-24(26)30/h4-16,32-33H,1-3H3,(H,31,34). The molecule has 4 rings (SSSR count). The van der Waals surface area contributed by atoms with Crippen LogP contribution >= 0.6 is 23.2 Å².